The maximum Gasteiger partial charge on any atom is 0.289 e. The van der Waals surface area contributed by atoms with Crippen LogP contribution in [0.1, 0.15) is 55.1 Å². The molecule has 0 aliphatic carbocycles. The Bertz CT molecular complexity index is 983. The molecule has 1 fully saturated rings. The summed E-state index contributed by atoms with van der Waals surface area (Å²) in [6.07, 6.45) is 2.88. The van der Waals surface area contributed by atoms with Crippen LogP contribution in [0.4, 0.5) is 0 Å². The van der Waals surface area contributed by atoms with Crippen molar-refractivity contribution in [3.8, 4) is 11.5 Å². The van der Waals surface area contributed by atoms with Gasteiger partial charge in [0.1, 0.15) is 6.61 Å². The van der Waals surface area contributed by atoms with Gasteiger partial charge in [0.25, 0.3) is 5.91 Å². The van der Waals surface area contributed by atoms with Gasteiger partial charge in [0.05, 0.1) is 6.61 Å². The van der Waals surface area contributed by atoms with E-state index in [9.17, 15) is 4.79 Å². The molecule has 0 radical (unpaired) electrons. The predicted octanol–water partition coefficient (Wildman–Crippen LogP) is 2.35. The van der Waals surface area contributed by atoms with Gasteiger partial charge in [0.15, 0.2) is 17.3 Å². The third-order valence-corrected chi connectivity index (χ3v) is 6.91. The van der Waals surface area contributed by atoms with Crippen LogP contribution in [0.2, 0.25) is 0 Å². The monoisotopic (exact) mass is 441 g/mol. The second-order valence-electron chi connectivity index (χ2n) is 9.27. The number of carbonyl (C=O) groups excluding carboxylic acids is 1. The molecule has 0 bridgehead atoms. The van der Waals surface area contributed by atoms with E-state index >= 15 is 0 Å². The quantitative estimate of drug-likeness (QED) is 0.762. The number of rotatable bonds is 5. The van der Waals surface area contributed by atoms with Crippen molar-refractivity contribution >= 4 is 5.91 Å². The second kappa shape index (κ2) is 8.71. The van der Waals surface area contributed by atoms with Gasteiger partial charge in [0, 0.05) is 24.5 Å². The number of amides is 1. The zero-order chi connectivity index (χ0) is 22.1. The number of carbonyl (C=O) groups is 1. The summed E-state index contributed by atoms with van der Waals surface area (Å²) in [4.78, 5) is 15.2. The lowest BCUT2D eigenvalue weighted by molar-refractivity contribution is -0.00570. The normalized spacial score (nSPS) is 20.6. The minimum absolute atomic E-state index is 0.00951. The van der Waals surface area contributed by atoms with E-state index in [1.807, 2.05) is 17.6 Å². The van der Waals surface area contributed by atoms with Crippen LogP contribution >= 0.6 is 0 Å². The Morgan fingerprint density at radius 3 is 2.84 bits per heavy atom. The van der Waals surface area contributed by atoms with Crippen LogP contribution in [0.5, 0.6) is 11.5 Å². The Morgan fingerprint density at radius 2 is 2.03 bits per heavy atom. The number of ether oxygens (including phenoxy) is 3. The van der Waals surface area contributed by atoms with Gasteiger partial charge in [-0.3, -0.25) is 9.69 Å². The highest BCUT2D eigenvalue weighted by molar-refractivity contribution is 5.90. The van der Waals surface area contributed by atoms with Gasteiger partial charge < -0.3 is 24.1 Å². The van der Waals surface area contributed by atoms with Crippen molar-refractivity contribution in [2.75, 3.05) is 26.5 Å². The highest BCUT2D eigenvalue weighted by Gasteiger charge is 2.39. The number of fused-ring (bicyclic) bond motifs is 2. The van der Waals surface area contributed by atoms with E-state index < -0.39 is 0 Å². The fourth-order valence-corrected chi connectivity index (χ4v) is 4.69. The molecule has 1 saturated heterocycles. The minimum atomic E-state index is -0.157. The summed E-state index contributed by atoms with van der Waals surface area (Å²) >= 11 is 0. The van der Waals surface area contributed by atoms with Gasteiger partial charge in [-0.2, -0.15) is 0 Å². The summed E-state index contributed by atoms with van der Waals surface area (Å²) in [6, 6.07) is 6.28. The maximum absolute atomic E-state index is 12.8. The molecule has 1 spiro atoms. The van der Waals surface area contributed by atoms with Crippen LogP contribution in [0.3, 0.4) is 0 Å². The lowest BCUT2D eigenvalue weighted by Gasteiger charge is -2.41. The fraction of sp³-hybridized carbons (Fsp3) is 0.609. The molecular formula is C23H31N5O4. The molecule has 1 amide bonds. The molecule has 1 atom stereocenters. The second-order valence-corrected chi connectivity index (χ2v) is 9.27. The summed E-state index contributed by atoms with van der Waals surface area (Å²) in [7, 11) is 0. The Balaban J connectivity index is 1.25. The van der Waals surface area contributed by atoms with Crippen molar-refractivity contribution in [3.63, 3.8) is 0 Å². The molecule has 9 nitrogen and oxygen atoms in total. The maximum atomic E-state index is 12.8. The molecule has 5 rings (SSSR count). The Morgan fingerprint density at radius 1 is 1.22 bits per heavy atom. The van der Waals surface area contributed by atoms with Crippen molar-refractivity contribution in [1.29, 1.82) is 0 Å². The first-order chi connectivity index (χ1) is 15.5. The van der Waals surface area contributed by atoms with Gasteiger partial charge in [-0.1, -0.05) is 13.0 Å². The summed E-state index contributed by atoms with van der Waals surface area (Å²) in [5.74, 6) is 2.62. The van der Waals surface area contributed by atoms with E-state index in [-0.39, 0.29) is 17.4 Å². The molecule has 0 saturated carbocycles. The zero-order valence-corrected chi connectivity index (χ0v) is 18.8. The van der Waals surface area contributed by atoms with E-state index in [4.69, 9.17) is 14.2 Å². The molecular weight excluding hydrogens is 410 g/mol. The topological polar surface area (TPSA) is 90.7 Å². The number of hydrogen-bond donors (Lipinski definition) is 1. The molecule has 1 N–H and O–H groups in total. The molecule has 3 aliphatic rings. The van der Waals surface area contributed by atoms with Crippen LogP contribution in [-0.4, -0.2) is 58.1 Å². The van der Waals surface area contributed by atoms with Crippen molar-refractivity contribution in [1.82, 2.24) is 25.0 Å². The first-order valence-corrected chi connectivity index (χ1v) is 11.5. The molecule has 172 valence electrons. The standard InChI is InChI=1S/C23H31N5O4/c1-3-16(2)24-22(29)21-26-25-20-12-30-14-23(13-28(20)21)6-8-27(9-7-23)11-17-4-5-18-19(10-17)32-15-31-18/h4-5,10,16H,3,6-9,11-15H2,1-2H3,(H,24,29)/t16-/m0/s1. The number of aromatic nitrogens is 3. The van der Waals surface area contributed by atoms with E-state index in [0.717, 1.165) is 62.8 Å². The van der Waals surface area contributed by atoms with Gasteiger partial charge in [-0.05, 0) is 57.0 Å². The molecule has 1 aromatic heterocycles. The van der Waals surface area contributed by atoms with E-state index in [0.29, 0.717) is 25.8 Å². The van der Waals surface area contributed by atoms with E-state index in [2.05, 4.69) is 39.5 Å². The lowest BCUT2D eigenvalue weighted by atomic mass is 9.78. The summed E-state index contributed by atoms with van der Waals surface area (Å²) < 4.78 is 18.9. The average molecular weight is 442 g/mol. The van der Waals surface area contributed by atoms with Crippen molar-refractivity contribution < 1.29 is 19.0 Å². The van der Waals surface area contributed by atoms with Gasteiger partial charge in [0.2, 0.25) is 12.6 Å². The number of likely N-dealkylation sites (tertiary alicyclic amines) is 1. The SMILES string of the molecule is CC[C@H](C)NC(=O)c1nnc2n1CC1(CCN(Cc3ccc4c(c3)OCO4)CC1)COC2. The molecule has 32 heavy (non-hydrogen) atoms. The Labute approximate surface area is 188 Å². The number of nitrogens with one attached hydrogen (secondary N) is 1. The number of benzene rings is 1. The van der Waals surface area contributed by atoms with Crippen LogP contribution in [-0.2, 0) is 24.4 Å². The third-order valence-electron chi connectivity index (χ3n) is 6.91. The summed E-state index contributed by atoms with van der Waals surface area (Å²) in [5, 5.41) is 11.5. The van der Waals surface area contributed by atoms with Crippen LogP contribution < -0.4 is 14.8 Å². The zero-order valence-electron chi connectivity index (χ0n) is 18.8. The van der Waals surface area contributed by atoms with Gasteiger partial charge >= 0.3 is 0 Å². The number of piperidine rings is 1. The van der Waals surface area contributed by atoms with E-state index in [1.54, 1.807) is 0 Å². The molecule has 0 unspecified atom stereocenters. The number of hydrogen-bond acceptors (Lipinski definition) is 7. The number of nitrogens with zero attached hydrogens (tertiary/aromatic N) is 4. The third kappa shape index (κ3) is 4.19. The first kappa shape index (κ1) is 21.2. The molecule has 3 aliphatic heterocycles. The fourth-order valence-electron chi connectivity index (χ4n) is 4.69. The first-order valence-electron chi connectivity index (χ1n) is 11.5. The largest absolute Gasteiger partial charge is 0.454 e. The molecule has 4 heterocycles. The lowest BCUT2D eigenvalue weighted by Crippen LogP contribution is -2.44. The van der Waals surface area contributed by atoms with Crippen molar-refractivity contribution in [2.45, 2.75) is 58.8 Å². The van der Waals surface area contributed by atoms with Crippen LogP contribution in [0.15, 0.2) is 18.2 Å². The molecule has 1 aromatic carbocycles. The van der Waals surface area contributed by atoms with Gasteiger partial charge in [-0.25, -0.2) is 0 Å². The van der Waals surface area contributed by atoms with Gasteiger partial charge in [-0.15, -0.1) is 10.2 Å². The predicted molar refractivity (Wildman–Crippen MR) is 116 cm³/mol. The summed E-state index contributed by atoms with van der Waals surface area (Å²) in [6.45, 7) is 8.98. The minimum Gasteiger partial charge on any atom is -0.454 e. The highest BCUT2D eigenvalue weighted by atomic mass is 16.7. The Hall–Kier alpha value is -2.65. The molecule has 9 heteroatoms. The van der Waals surface area contributed by atoms with Crippen LogP contribution in [0, 0.1) is 5.41 Å². The Kier molecular flexibility index (Phi) is 5.77. The molecule has 2 aromatic rings. The van der Waals surface area contributed by atoms with Crippen molar-refractivity contribution in [2.24, 2.45) is 5.41 Å². The van der Waals surface area contributed by atoms with Crippen LogP contribution in [0.25, 0.3) is 0 Å². The average Bonchev–Trinajstić information content (AvgIpc) is 3.38. The summed E-state index contributed by atoms with van der Waals surface area (Å²) in [5.41, 5.74) is 1.22. The smallest absolute Gasteiger partial charge is 0.289 e. The van der Waals surface area contributed by atoms with Crippen molar-refractivity contribution in [3.05, 3.63) is 35.4 Å². The van der Waals surface area contributed by atoms with E-state index in [1.165, 1.54) is 5.56 Å². The highest BCUT2D eigenvalue weighted by Crippen LogP contribution is 2.38.